The molecule has 0 aliphatic carbocycles. The van der Waals surface area contributed by atoms with E-state index in [-0.39, 0.29) is 6.61 Å². The summed E-state index contributed by atoms with van der Waals surface area (Å²) in [7, 11) is 0. The van der Waals surface area contributed by atoms with Crippen molar-refractivity contribution in [2.24, 2.45) is 5.92 Å². The highest BCUT2D eigenvalue weighted by molar-refractivity contribution is 5.68. The van der Waals surface area contributed by atoms with Gasteiger partial charge in [0.05, 0.1) is 0 Å². The molecule has 136 valence electrons. The molecule has 0 aromatic carbocycles. The summed E-state index contributed by atoms with van der Waals surface area (Å²) < 4.78 is 25.9. The van der Waals surface area contributed by atoms with Gasteiger partial charge >= 0.3 is 23.9 Å². The zero-order chi connectivity index (χ0) is 18.4. The molecule has 0 spiro atoms. The monoisotopic (exact) mass is 346 g/mol. The molecule has 24 heavy (non-hydrogen) atoms. The van der Waals surface area contributed by atoms with E-state index in [0.717, 1.165) is 6.92 Å². The predicted octanol–water partition coefficient (Wildman–Crippen LogP) is 0.337. The maximum Gasteiger partial charge on any atom is 0.305 e. The Morgan fingerprint density at radius 2 is 1.29 bits per heavy atom. The van der Waals surface area contributed by atoms with Crippen LogP contribution in [0.5, 0.6) is 0 Å². The fraction of sp³-hybridized carbons (Fsp3) is 0.733. The molecule has 0 bridgehead atoms. The van der Waals surface area contributed by atoms with Gasteiger partial charge in [-0.1, -0.05) is 6.92 Å². The third kappa shape index (κ3) is 5.80. The number of carbonyl (C=O) groups is 4. The van der Waals surface area contributed by atoms with E-state index >= 15 is 0 Å². The van der Waals surface area contributed by atoms with Gasteiger partial charge in [0.25, 0.3) is 0 Å². The van der Waals surface area contributed by atoms with Crippen LogP contribution in [0.2, 0.25) is 0 Å². The molecule has 1 rings (SSSR count). The molecule has 1 heterocycles. The summed E-state index contributed by atoms with van der Waals surface area (Å²) in [6.45, 7) is 6.33. The Kier molecular flexibility index (Phi) is 7.15. The smallest absolute Gasteiger partial charge is 0.305 e. The Morgan fingerprint density at radius 1 is 0.792 bits per heavy atom. The Morgan fingerprint density at radius 3 is 1.75 bits per heavy atom. The number of esters is 4. The maximum atomic E-state index is 11.4. The van der Waals surface area contributed by atoms with Crippen molar-refractivity contribution >= 4 is 23.9 Å². The van der Waals surface area contributed by atoms with Crippen molar-refractivity contribution in [3.05, 3.63) is 0 Å². The number of hydrogen-bond acceptors (Lipinski definition) is 9. The summed E-state index contributed by atoms with van der Waals surface area (Å²) in [6, 6.07) is 0. The molecule has 0 saturated carbocycles. The second-order valence-electron chi connectivity index (χ2n) is 5.46. The van der Waals surface area contributed by atoms with Gasteiger partial charge in [-0.2, -0.15) is 0 Å². The van der Waals surface area contributed by atoms with Crippen molar-refractivity contribution in [2.45, 2.75) is 59.2 Å². The number of carbonyl (C=O) groups excluding carboxylic acids is 4. The summed E-state index contributed by atoms with van der Waals surface area (Å²) in [5, 5.41) is 0. The summed E-state index contributed by atoms with van der Waals surface area (Å²) in [5.74, 6) is -2.91. The molecule has 0 N–H and O–H groups in total. The fourth-order valence-corrected chi connectivity index (χ4v) is 2.37. The number of ether oxygens (including phenoxy) is 5. The second kappa shape index (κ2) is 8.62. The van der Waals surface area contributed by atoms with Crippen LogP contribution in [0.25, 0.3) is 0 Å². The first-order chi connectivity index (χ1) is 11.1. The van der Waals surface area contributed by atoms with Crippen molar-refractivity contribution in [3.63, 3.8) is 0 Å². The van der Waals surface area contributed by atoms with Gasteiger partial charge in [-0.3, -0.25) is 19.2 Å². The van der Waals surface area contributed by atoms with E-state index in [1.807, 2.05) is 0 Å². The molecular formula is C15H22O9. The van der Waals surface area contributed by atoms with Crippen molar-refractivity contribution in [1.29, 1.82) is 0 Å². The minimum Gasteiger partial charge on any atom is -0.463 e. The largest absolute Gasteiger partial charge is 0.463 e. The van der Waals surface area contributed by atoms with Crippen LogP contribution in [0.4, 0.5) is 0 Å². The Labute approximate surface area is 139 Å². The fourth-order valence-electron chi connectivity index (χ4n) is 2.37. The van der Waals surface area contributed by atoms with Crippen LogP contribution in [0, 0.1) is 5.92 Å². The van der Waals surface area contributed by atoms with Gasteiger partial charge in [0.2, 0.25) is 12.4 Å². The van der Waals surface area contributed by atoms with Gasteiger partial charge in [0.1, 0.15) is 18.8 Å². The standard InChI is InChI=1S/C15H22O9/c1-7-12(6-20-8(2)16)24-15(23-11(5)19)14(22-10(4)18)13(7)21-9(3)17/h7,12-15H,6H2,1-5H3/t7-,12+,13-,14+,15?/m1/s1. The minimum atomic E-state index is -1.28. The highest BCUT2D eigenvalue weighted by atomic mass is 16.7. The van der Waals surface area contributed by atoms with Crippen LogP contribution in [0.3, 0.4) is 0 Å². The molecule has 1 fully saturated rings. The molecular weight excluding hydrogens is 324 g/mol. The summed E-state index contributed by atoms with van der Waals surface area (Å²) >= 11 is 0. The van der Waals surface area contributed by atoms with Crippen molar-refractivity contribution in [3.8, 4) is 0 Å². The third-order valence-corrected chi connectivity index (χ3v) is 3.34. The molecule has 0 aromatic rings. The van der Waals surface area contributed by atoms with Gasteiger partial charge in [-0.15, -0.1) is 0 Å². The molecule has 0 amide bonds. The zero-order valence-corrected chi connectivity index (χ0v) is 14.3. The molecule has 1 aliphatic heterocycles. The average Bonchev–Trinajstić information content (AvgIpc) is 2.42. The first kappa shape index (κ1) is 19.9. The molecule has 9 heteroatoms. The lowest BCUT2D eigenvalue weighted by Crippen LogP contribution is -2.58. The van der Waals surface area contributed by atoms with Crippen LogP contribution in [0.1, 0.15) is 34.6 Å². The topological polar surface area (TPSA) is 114 Å². The molecule has 1 saturated heterocycles. The van der Waals surface area contributed by atoms with E-state index in [1.54, 1.807) is 6.92 Å². The van der Waals surface area contributed by atoms with Crippen molar-refractivity contribution in [2.75, 3.05) is 6.61 Å². The van der Waals surface area contributed by atoms with Crippen LogP contribution < -0.4 is 0 Å². The minimum absolute atomic E-state index is 0.126. The highest BCUT2D eigenvalue weighted by Crippen LogP contribution is 2.31. The van der Waals surface area contributed by atoms with Crippen molar-refractivity contribution in [1.82, 2.24) is 0 Å². The molecule has 0 radical (unpaired) electrons. The van der Waals surface area contributed by atoms with Gasteiger partial charge in [0.15, 0.2) is 0 Å². The second-order valence-corrected chi connectivity index (χ2v) is 5.46. The number of rotatable bonds is 5. The molecule has 1 aliphatic rings. The van der Waals surface area contributed by atoms with Crippen LogP contribution in [-0.4, -0.2) is 55.1 Å². The average molecular weight is 346 g/mol. The Hall–Kier alpha value is -2.16. The lowest BCUT2D eigenvalue weighted by Gasteiger charge is -2.43. The van der Waals surface area contributed by atoms with E-state index in [2.05, 4.69) is 0 Å². The maximum absolute atomic E-state index is 11.4. The first-order valence-corrected chi connectivity index (χ1v) is 7.42. The third-order valence-electron chi connectivity index (χ3n) is 3.34. The summed E-state index contributed by atoms with van der Waals surface area (Å²) in [6.07, 6.45) is -4.05. The van der Waals surface area contributed by atoms with Crippen LogP contribution >= 0.6 is 0 Å². The van der Waals surface area contributed by atoms with Gasteiger partial charge in [-0.05, 0) is 0 Å². The Balaban J connectivity index is 3.07. The predicted molar refractivity (Wildman–Crippen MR) is 77.3 cm³/mol. The van der Waals surface area contributed by atoms with E-state index in [9.17, 15) is 19.2 Å². The zero-order valence-electron chi connectivity index (χ0n) is 14.3. The van der Waals surface area contributed by atoms with Crippen LogP contribution in [-0.2, 0) is 42.9 Å². The molecule has 1 unspecified atom stereocenters. The van der Waals surface area contributed by atoms with Gasteiger partial charge in [-0.25, -0.2) is 0 Å². The van der Waals surface area contributed by atoms with Gasteiger partial charge in [0, 0.05) is 33.6 Å². The summed E-state index contributed by atoms with van der Waals surface area (Å²) in [4.78, 5) is 45.0. The highest BCUT2D eigenvalue weighted by Gasteiger charge is 2.49. The van der Waals surface area contributed by atoms with E-state index in [1.165, 1.54) is 20.8 Å². The first-order valence-electron chi connectivity index (χ1n) is 7.42. The lowest BCUT2D eigenvalue weighted by molar-refractivity contribution is -0.286. The van der Waals surface area contributed by atoms with Crippen LogP contribution in [0.15, 0.2) is 0 Å². The number of hydrogen-bond donors (Lipinski definition) is 0. The van der Waals surface area contributed by atoms with E-state index in [0.29, 0.717) is 0 Å². The normalized spacial score (nSPS) is 29.3. The van der Waals surface area contributed by atoms with Gasteiger partial charge < -0.3 is 23.7 Å². The van der Waals surface area contributed by atoms with E-state index < -0.39 is 54.4 Å². The molecule has 5 atom stereocenters. The SMILES string of the molecule is CC(=O)OC[C@@H]1OC(OC(C)=O)[C@@H](OC(C)=O)[C@H](OC(C)=O)[C@@H]1C. The quantitative estimate of drug-likeness (QED) is 0.513. The summed E-state index contributed by atoms with van der Waals surface area (Å²) in [5.41, 5.74) is 0. The van der Waals surface area contributed by atoms with Crippen molar-refractivity contribution < 1.29 is 42.9 Å². The molecule has 9 nitrogen and oxygen atoms in total. The lowest BCUT2D eigenvalue weighted by atomic mass is 9.90. The molecule has 0 aromatic heterocycles. The Bertz CT molecular complexity index is 501. The van der Waals surface area contributed by atoms with E-state index in [4.69, 9.17) is 23.7 Å².